The van der Waals surface area contributed by atoms with Gasteiger partial charge in [0.15, 0.2) is 5.65 Å². The van der Waals surface area contributed by atoms with Gasteiger partial charge >= 0.3 is 0 Å². The first-order chi connectivity index (χ1) is 17.3. The number of hydrogen-bond acceptors (Lipinski definition) is 6. The molecule has 1 atom stereocenters. The van der Waals surface area contributed by atoms with Crippen LogP contribution >= 0.6 is 0 Å². The second-order valence-electron chi connectivity index (χ2n) is 9.80. The Bertz CT molecular complexity index is 1360. The third-order valence-corrected chi connectivity index (χ3v) is 7.12. The summed E-state index contributed by atoms with van der Waals surface area (Å²) in [5.74, 6) is -0.539. The van der Waals surface area contributed by atoms with E-state index in [9.17, 15) is 19.2 Å². The fourth-order valence-corrected chi connectivity index (χ4v) is 5.17. The SMILES string of the molecule is C=C1CN(C2CCC(=O)NC2=O)C(=O)/C1=C/C=C/C1CCN(Cc2cc(=O)n3[nH]c(C)cc3n2)CC1. The summed E-state index contributed by atoms with van der Waals surface area (Å²) in [4.78, 5) is 57.2. The molecule has 3 aliphatic rings. The molecule has 3 amide bonds. The largest absolute Gasteiger partial charge is 0.322 e. The quantitative estimate of drug-likeness (QED) is 0.481. The third-order valence-electron chi connectivity index (χ3n) is 7.12. The zero-order valence-corrected chi connectivity index (χ0v) is 20.3. The highest BCUT2D eigenvalue weighted by molar-refractivity contribution is 6.06. The Balaban J connectivity index is 1.15. The van der Waals surface area contributed by atoms with Gasteiger partial charge in [0.25, 0.3) is 11.5 Å². The molecular weight excluding hydrogens is 460 g/mol. The molecule has 0 aromatic carbocycles. The highest BCUT2D eigenvalue weighted by Gasteiger charge is 2.39. The van der Waals surface area contributed by atoms with Crippen molar-refractivity contribution < 1.29 is 14.4 Å². The molecule has 188 valence electrons. The Morgan fingerprint density at radius 3 is 2.67 bits per heavy atom. The maximum absolute atomic E-state index is 12.9. The van der Waals surface area contributed by atoms with Gasteiger partial charge < -0.3 is 4.90 Å². The van der Waals surface area contributed by atoms with Gasteiger partial charge in [0.05, 0.1) is 5.69 Å². The van der Waals surface area contributed by atoms with E-state index in [-0.39, 0.29) is 23.8 Å². The maximum atomic E-state index is 12.9. The smallest absolute Gasteiger partial charge is 0.272 e. The van der Waals surface area contributed by atoms with Crippen molar-refractivity contribution in [1.82, 2.24) is 29.7 Å². The van der Waals surface area contributed by atoms with Crippen molar-refractivity contribution in [2.75, 3.05) is 19.6 Å². The van der Waals surface area contributed by atoms with Gasteiger partial charge in [-0.15, -0.1) is 0 Å². The Labute approximate surface area is 208 Å². The molecule has 0 spiro atoms. The van der Waals surface area contributed by atoms with Crippen LogP contribution in [0.15, 0.2) is 52.9 Å². The number of carbonyl (C=O) groups excluding carboxylic acids is 3. The summed E-state index contributed by atoms with van der Waals surface area (Å²) >= 11 is 0. The predicted molar refractivity (Wildman–Crippen MR) is 133 cm³/mol. The van der Waals surface area contributed by atoms with Gasteiger partial charge in [-0.1, -0.05) is 18.7 Å². The number of rotatable bonds is 5. The van der Waals surface area contributed by atoms with Gasteiger partial charge in [-0.25, -0.2) is 9.50 Å². The molecule has 0 saturated carbocycles. The number of hydrogen-bond donors (Lipinski definition) is 2. The van der Waals surface area contributed by atoms with E-state index in [4.69, 9.17) is 0 Å². The number of amides is 3. The van der Waals surface area contributed by atoms with Crippen molar-refractivity contribution >= 4 is 23.4 Å². The van der Waals surface area contributed by atoms with Crippen molar-refractivity contribution in [3.05, 3.63) is 69.8 Å². The zero-order chi connectivity index (χ0) is 25.4. The molecule has 2 aromatic rings. The molecule has 10 nitrogen and oxygen atoms in total. The summed E-state index contributed by atoms with van der Waals surface area (Å²) in [6.07, 6.45) is 8.35. The van der Waals surface area contributed by atoms with Crippen LogP contribution in [-0.2, 0) is 20.9 Å². The molecule has 5 heterocycles. The number of piperidine rings is 2. The van der Waals surface area contributed by atoms with Gasteiger partial charge in [-0.3, -0.25) is 34.5 Å². The van der Waals surface area contributed by atoms with Crippen LogP contribution in [0.2, 0.25) is 0 Å². The molecule has 0 aliphatic carbocycles. The number of nitrogens with one attached hydrogen (secondary N) is 2. The van der Waals surface area contributed by atoms with E-state index in [0.29, 0.717) is 42.2 Å². The van der Waals surface area contributed by atoms with Gasteiger partial charge in [-0.2, -0.15) is 0 Å². The molecule has 0 radical (unpaired) electrons. The molecule has 36 heavy (non-hydrogen) atoms. The highest BCUT2D eigenvalue weighted by Crippen LogP contribution is 2.27. The number of carbonyl (C=O) groups is 3. The van der Waals surface area contributed by atoms with Crippen molar-refractivity contribution in [1.29, 1.82) is 0 Å². The van der Waals surface area contributed by atoms with E-state index in [2.05, 4.69) is 33.0 Å². The lowest BCUT2D eigenvalue weighted by atomic mass is 9.96. The minimum absolute atomic E-state index is 0.104. The minimum Gasteiger partial charge on any atom is -0.322 e. The molecule has 10 heteroatoms. The summed E-state index contributed by atoms with van der Waals surface area (Å²) in [7, 11) is 0. The van der Waals surface area contributed by atoms with Crippen LogP contribution in [0, 0.1) is 12.8 Å². The first-order valence-corrected chi connectivity index (χ1v) is 12.3. The van der Waals surface area contributed by atoms with Crippen molar-refractivity contribution in [2.24, 2.45) is 5.92 Å². The van der Waals surface area contributed by atoms with E-state index in [1.54, 1.807) is 12.1 Å². The van der Waals surface area contributed by atoms with Crippen LogP contribution in [-0.4, -0.2) is 67.8 Å². The number of fused-ring (bicyclic) bond motifs is 1. The highest BCUT2D eigenvalue weighted by atomic mass is 16.2. The normalized spacial score (nSPS) is 23.5. The van der Waals surface area contributed by atoms with Crippen LogP contribution in [0.25, 0.3) is 5.65 Å². The van der Waals surface area contributed by atoms with E-state index in [1.165, 1.54) is 9.42 Å². The number of aromatic amines is 1. The Morgan fingerprint density at radius 1 is 1.14 bits per heavy atom. The average Bonchev–Trinajstić information content (AvgIpc) is 3.34. The standard InChI is InChI=1S/C26H30N6O4/c1-16-14-31(21-6-7-23(33)28-25(21)35)26(36)20(16)5-3-4-18-8-10-30(11-9-18)15-19-13-24(34)32-22(27-19)12-17(2)29-32/h3-5,12-13,18,21,29H,1,6-11,14-15H2,2H3,(H,28,33,35)/b4-3+,20-5+. The minimum atomic E-state index is -0.626. The van der Waals surface area contributed by atoms with Crippen molar-refractivity contribution in [2.45, 2.75) is 45.2 Å². The first-order valence-electron chi connectivity index (χ1n) is 12.3. The van der Waals surface area contributed by atoms with Gasteiger partial charge in [0.2, 0.25) is 11.8 Å². The summed E-state index contributed by atoms with van der Waals surface area (Å²) in [5, 5.41) is 5.30. The van der Waals surface area contributed by atoms with Crippen LogP contribution in [0.3, 0.4) is 0 Å². The summed E-state index contributed by atoms with van der Waals surface area (Å²) in [5.41, 5.74) is 3.40. The van der Waals surface area contributed by atoms with Gasteiger partial charge in [0, 0.05) is 42.9 Å². The summed E-state index contributed by atoms with van der Waals surface area (Å²) in [6.45, 7) is 8.64. The van der Waals surface area contributed by atoms with Crippen LogP contribution in [0.1, 0.15) is 37.1 Å². The Morgan fingerprint density at radius 2 is 1.92 bits per heavy atom. The zero-order valence-electron chi connectivity index (χ0n) is 20.3. The number of aryl methyl sites for hydroxylation is 1. The lowest BCUT2D eigenvalue weighted by molar-refractivity contribution is -0.142. The second kappa shape index (κ2) is 9.69. The number of imide groups is 1. The third kappa shape index (κ3) is 4.81. The van der Waals surface area contributed by atoms with Crippen LogP contribution in [0.4, 0.5) is 0 Å². The Hall–Kier alpha value is -3.79. The predicted octanol–water partition coefficient (Wildman–Crippen LogP) is 1.23. The number of aromatic nitrogens is 3. The van der Waals surface area contributed by atoms with Crippen molar-refractivity contribution in [3.63, 3.8) is 0 Å². The fourth-order valence-electron chi connectivity index (χ4n) is 5.17. The number of likely N-dealkylation sites (tertiary alicyclic amines) is 2. The lowest BCUT2D eigenvalue weighted by Gasteiger charge is -2.30. The summed E-state index contributed by atoms with van der Waals surface area (Å²) < 4.78 is 1.46. The number of H-pyrrole nitrogens is 1. The second-order valence-corrected chi connectivity index (χ2v) is 9.80. The molecular formula is C26H30N6O4. The molecule has 2 aromatic heterocycles. The molecule has 3 aliphatic heterocycles. The molecule has 0 bridgehead atoms. The monoisotopic (exact) mass is 490 g/mol. The molecule has 3 saturated heterocycles. The van der Waals surface area contributed by atoms with E-state index < -0.39 is 11.9 Å². The number of allylic oxidation sites excluding steroid dienone is 3. The summed E-state index contributed by atoms with van der Waals surface area (Å²) in [6, 6.07) is 2.83. The van der Waals surface area contributed by atoms with Crippen LogP contribution < -0.4 is 10.9 Å². The first kappa shape index (κ1) is 23.9. The van der Waals surface area contributed by atoms with E-state index >= 15 is 0 Å². The molecule has 3 fully saturated rings. The van der Waals surface area contributed by atoms with E-state index in [1.807, 2.05) is 19.1 Å². The van der Waals surface area contributed by atoms with Gasteiger partial charge in [-0.05, 0) is 56.8 Å². The molecule has 1 unspecified atom stereocenters. The number of nitrogens with zero attached hydrogens (tertiary/aromatic N) is 4. The lowest BCUT2D eigenvalue weighted by Crippen LogP contribution is -2.52. The van der Waals surface area contributed by atoms with Crippen LogP contribution in [0.5, 0.6) is 0 Å². The average molecular weight is 491 g/mol. The maximum Gasteiger partial charge on any atom is 0.272 e. The molecule has 5 rings (SSSR count). The topological polar surface area (TPSA) is 120 Å². The fraction of sp³-hybridized carbons (Fsp3) is 0.423. The van der Waals surface area contributed by atoms with E-state index in [0.717, 1.165) is 37.3 Å². The molecule has 2 N–H and O–H groups in total. The van der Waals surface area contributed by atoms with Gasteiger partial charge in [0.1, 0.15) is 6.04 Å². The Kier molecular flexibility index (Phi) is 6.44. The van der Waals surface area contributed by atoms with Crippen molar-refractivity contribution in [3.8, 4) is 0 Å².